The third-order valence-corrected chi connectivity index (χ3v) is 3.75. The SMILES string of the molecule is CC1CCN(CCNCc2csnn2)CC1. The molecule has 16 heavy (non-hydrogen) atoms. The largest absolute Gasteiger partial charge is 0.310 e. The van der Waals surface area contributed by atoms with Gasteiger partial charge in [0.2, 0.25) is 0 Å². The number of rotatable bonds is 5. The molecule has 4 nitrogen and oxygen atoms in total. The van der Waals surface area contributed by atoms with E-state index in [1.54, 1.807) is 0 Å². The molecule has 0 bridgehead atoms. The van der Waals surface area contributed by atoms with E-state index >= 15 is 0 Å². The summed E-state index contributed by atoms with van der Waals surface area (Å²) in [5, 5.41) is 9.41. The lowest BCUT2D eigenvalue weighted by Gasteiger charge is -2.30. The minimum absolute atomic E-state index is 0.848. The molecule has 5 heteroatoms. The lowest BCUT2D eigenvalue weighted by molar-refractivity contribution is 0.193. The Labute approximate surface area is 101 Å². The van der Waals surface area contributed by atoms with E-state index in [1.807, 2.05) is 5.38 Å². The van der Waals surface area contributed by atoms with E-state index < -0.39 is 0 Å². The first-order chi connectivity index (χ1) is 7.84. The summed E-state index contributed by atoms with van der Waals surface area (Å²) in [7, 11) is 0. The van der Waals surface area contributed by atoms with E-state index in [4.69, 9.17) is 0 Å². The van der Waals surface area contributed by atoms with Crippen molar-refractivity contribution in [3.05, 3.63) is 11.1 Å². The van der Waals surface area contributed by atoms with Crippen LogP contribution < -0.4 is 5.32 Å². The second kappa shape index (κ2) is 6.27. The molecule has 0 unspecified atom stereocenters. The molecule has 0 aromatic carbocycles. The van der Waals surface area contributed by atoms with Crippen LogP contribution in [0.4, 0.5) is 0 Å². The van der Waals surface area contributed by atoms with Gasteiger partial charge in [0.25, 0.3) is 0 Å². The zero-order valence-electron chi connectivity index (χ0n) is 9.85. The Balaban J connectivity index is 1.55. The number of aromatic nitrogens is 2. The molecule has 2 heterocycles. The standard InChI is InChI=1S/C11H20N4S/c1-10-2-5-15(6-3-10)7-4-12-8-11-9-16-14-13-11/h9-10,12H,2-8H2,1H3. The highest BCUT2D eigenvalue weighted by Crippen LogP contribution is 2.15. The summed E-state index contributed by atoms with van der Waals surface area (Å²) in [5.41, 5.74) is 1.05. The predicted molar refractivity (Wildman–Crippen MR) is 66.5 cm³/mol. The van der Waals surface area contributed by atoms with Gasteiger partial charge in [-0.15, -0.1) is 5.10 Å². The summed E-state index contributed by atoms with van der Waals surface area (Å²) >= 11 is 1.41. The Kier molecular flexibility index (Phi) is 4.69. The van der Waals surface area contributed by atoms with Gasteiger partial charge in [-0.25, -0.2) is 0 Å². The van der Waals surface area contributed by atoms with Crippen LogP contribution >= 0.6 is 11.5 Å². The van der Waals surface area contributed by atoms with Crippen LogP contribution in [0.2, 0.25) is 0 Å². The predicted octanol–water partition coefficient (Wildman–Crippen LogP) is 1.36. The van der Waals surface area contributed by atoms with Crippen LogP contribution in [-0.4, -0.2) is 40.7 Å². The highest BCUT2D eigenvalue weighted by Gasteiger charge is 2.14. The molecule has 0 spiro atoms. The first-order valence-corrected chi connectivity index (χ1v) is 6.87. The number of nitrogens with zero attached hydrogens (tertiary/aromatic N) is 3. The third kappa shape index (κ3) is 3.81. The Hall–Kier alpha value is -0.520. The van der Waals surface area contributed by atoms with Crippen molar-refractivity contribution in [2.24, 2.45) is 5.92 Å². The maximum atomic E-state index is 4.00. The van der Waals surface area contributed by atoms with E-state index in [-0.39, 0.29) is 0 Å². The quantitative estimate of drug-likeness (QED) is 0.789. The molecule has 0 amide bonds. The van der Waals surface area contributed by atoms with Crippen LogP contribution in [0, 0.1) is 5.92 Å². The van der Waals surface area contributed by atoms with Crippen LogP contribution in [0.15, 0.2) is 5.38 Å². The number of likely N-dealkylation sites (tertiary alicyclic amines) is 1. The van der Waals surface area contributed by atoms with Gasteiger partial charge >= 0.3 is 0 Å². The van der Waals surface area contributed by atoms with E-state index in [9.17, 15) is 0 Å². The Morgan fingerprint density at radius 3 is 3.00 bits per heavy atom. The summed E-state index contributed by atoms with van der Waals surface area (Å²) in [4.78, 5) is 2.55. The van der Waals surface area contributed by atoms with Crippen molar-refractivity contribution < 1.29 is 0 Å². The summed E-state index contributed by atoms with van der Waals surface area (Å²) in [6, 6.07) is 0. The molecule has 1 aliphatic rings. The van der Waals surface area contributed by atoms with E-state index in [1.165, 1.54) is 37.5 Å². The molecule has 1 aliphatic heterocycles. The second-order valence-corrected chi connectivity index (χ2v) is 5.21. The molecule has 0 saturated carbocycles. The number of hydrogen-bond acceptors (Lipinski definition) is 5. The van der Waals surface area contributed by atoms with Crippen molar-refractivity contribution in [1.82, 2.24) is 19.8 Å². The van der Waals surface area contributed by atoms with Gasteiger partial charge in [0.1, 0.15) is 0 Å². The van der Waals surface area contributed by atoms with Gasteiger partial charge in [0.05, 0.1) is 5.69 Å². The maximum Gasteiger partial charge on any atom is 0.0893 e. The van der Waals surface area contributed by atoms with Gasteiger partial charge in [-0.1, -0.05) is 11.4 Å². The number of hydrogen-bond donors (Lipinski definition) is 1. The molecule has 1 fully saturated rings. The maximum absolute atomic E-state index is 4.00. The van der Waals surface area contributed by atoms with Crippen LogP contribution in [0.1, 0.15) is 25.5 Å². The lowest BCUT2D eigenvalue weighted by atomic mass is 9.99. The molecule has 2 rings (SSSR count). The van der Waals surface area contributed by atoms with Gasteiger partial charge in [0, 0.05) is 25.0 Å². The van der Waals surface area contributed by atoms with Gasteiger partial charge in [-0.05, 0) is 43.4 Å². The fourth-order valence-corrected chi connectivity index (χ4v) is 2.45. The Morgan fingerprint density at radius 2 is 2.31 bits per heavy atom. The van der Waals surface area contributed by atoms with Crippen LogP contribution in [-0.2, 0) is 6.54 Å². The first kappa shape index (κ1) is 12.0. The minimum Gasteiger partial charge on any atom is -0.310 e. The fraction of sp³-hybridized carbons (Fsp3) is 0.818. The Morgan fingerprint density at radius 1 is 1.50 bits per heavy atom. The molecule has 0 radical (unpaired) electrons. The molecular formula is C11H20N4S. The van der Waals surface area contributed by atoms with Crippen molar-refractivity contribution in [3.8, 4) is 0 Å². The van der Waals surface area contributed by atoms with Crippen LogP contribution in [0.5, 0.6) is 0 Å². The molecule has 1 N–H and O–H groups in total. The summed E-state index contributed by atoms with van der Waals surface area (Å²) < 4.78 is 3.84. The third-order valence-electron chi connectivity index (χ3n) is 3.19. The molecule has 90 valence electrons. The average molecular weight is 240 g/mol. The highest BCUT2D eigenvalue weighted by atomic mass is 32.1. The zero-order valence-corrected chi connectivity index (χ0v) is 10.7. The topological polar surface area (TPSA) is 41.0 Å². The lowest BCUT2D eigenvalue weighted by Crippen LogP contribution is -2.37. The monoisotopic (exact) mass is 240 g/mol. The normalized spacial score (nSPS) is 19.1. The van der Waals surface area contributed by atoms with Crippen molar-refractivity contribution in [2.45, 2.75) is 26.3 Å². The minimum atomic E-state index is 0.848. The summed E-state index contributed by atoms with van der Waals surface area (Å²) in [6.07, 6.45) is 2.71. The van der Waals surface area contributed by atoms with Crippen LogP contribution in [0.25, 0.3) is 0 Å². The van der Waals surface area contributed by atoms with Gasteiger partial charge < -0.3 is 10.2 Å². The first-order valence-electron chi connectivity index (χ1n) is 6.03. The van der Waals surface area contributed by atoms with Gasteiger partial charge in [0.15, 0.2) is 0 Å². The summed E-state index contributed by atoms with van der Waals surface area (Å²) in [6.45, 7) is 7.93. The van der Waals surface area contributed by atoms with Crippen molar-refractivity contribution in [1.29, 1.82) is 0 Å². The number of piperidine rings is 1. The van der Waals surface area contributed by atoms with Crippen molar-refractivity contribution in [2.75, 3.05) is 26.2 Å². The van der Waals surface area contributed by atoms with E-state index in [0.29, 0.717) is 0 Å². The van der Waals surface area contributed by atoms with Gasteiger partial charge in [-0.3, -0.25) is 0 Å². The molecular weight excluding hydrogens is 220 g/mol. The number of nitrogens with one attached hydrogen (secondary N) is 1. The van der Waals surface area contributed by atoms with E-state index in [0.717, 1.165) is 31.2 Å². The molecule has 1 aromatic rings. The fourth-order valence-electron chi connectivity index (χ4n) is 2.00. The van der Waals surface area contributed by atoms with Crippen molar-refractivity contribution in [3.63, 3.8) is 0 Å². The van der Waals surface area contributed by atoms with Gasteiger partial charge in [-0.2, -0.15) is 0 Å². The zero-order chi connectivity index (χ0) is 11.2. The second-order valence-electron chi connectivity index (χ2n) is 4.60. The molecule has 0 atom stereocenters. The smallest absolute Gasteiger partial charge is 0.0893 e. The van der Waals surface area contributed by atoms with Crippen molar-refractivity contribution >= 4 is 11.5 Å². The average Bonchev–Trinajstić information content (AvgIpc) is 2.80. The summed E-state index contributed by atoms with van der Waals surface area (Å²) in [5.74, 6) is 0.922. The van der Waals surface area contributed by atoms with E-state index in [2.05, 4.69) is 26.7 Å². The molecule has 1 aromatic heterocycles. The highest BCUT2D eigenvalue weighted by molar-refractivity contribution is 7.03. The van der Waals surface area contributed by atoms with Crippen LogP contribution in [0.3, 0.4) is 0 Å². The molecule has 1 saturated heterocycles. The molecule has 0 aliphatic carbocycles. The Bertz CT molecular complexity index is 280.